The van der Waals surface area contributed by atoms with Gasteiger partial charge in [0.2, 0.25) is 0 Å². The summed E-state index contributed by atoms with van der Waals surface area (Å²) >= 11 is 0. The van der Waals surface area contributed by atoms with E-state index in [0.717, 1.165) is 25.2 Å². The van der Waals surface area contributed by atoms with Crippen molar-refractivity contribution < 1.29 is 23.8 Å². The van der Waals surface area contributed by atoms with Crippen molar-refractivity contribution in [3.8, 4) is 5.75 Å². The summed E-state index contributed by atoms with van der Waals surface area (Å²) in [6.07, 6.45) is 0.430. The molecule has 1 aliphatic rings. The van der Waals surface area contributed by atoms with Crippen molar-refractivity contribution in [3.05, 3.63) is 59.7 Å². The zero-order valence-corrected chi connectivity index (χ0v) is 17.6. The van der Waals surface area contributed by atoms with Crippen LogP contribution in [-0.2, 0) is 20.8 Å². The quantitative estimate of drug-likeness (QED) is 0.705. The first kappa shape index (κ1) is 21.8. The number of ether oxygens (including phenoxy) is 3. The Labute approximate surface area is 176 Å². The molecule has 1 heterocycles. The summed E-state index contributed by atoms with van der Waals surface area (Å²) in [4.78, 5) is 26.6. The molecule has 1 N–H and O–H groups in total. The van der Waals surface area contributed by atoms with Gasteiger partial charge in [0.1, 0.15) is 5.75 Å². The third-order valence-electron chi connectivity index (χ3n) is 4.80. The molecule has 7 nitrogen and oxygen atoms in total. The second-order valence-electron chi connectivity index (χ2n) is 7.50. The average Bonchev–Trinajstić information content (AvgIpc) is 2.72. The molecule has 1 fully saturated rings. The second kappa shape index (κ2) is 10.2. The Bertz CT molecular complexity index is 841. The second-order valence-corrected chi connectivity index (χ2v) is 7.50. The van der Waals surface area contributed by atoms with Crippen LogP contribution in [-0.4, -0.2) is 55.8 Å². The summed E-state index contributed by atoms with van der Waals surface area (Å²) in [5.41, 5.74) is 2.14. The summed E-state index contributed by atoms with van der Waals surface area (Å²) in [6, 6.07) is 14.2. The lowest BCUT2D eigenvalue weighted by molar-refractivity contribution is -0.119. The van der Waals surface area contributed by atoms with E-state index in [1.165, 1.54) is 0 Å². The number of hydrogen-bond donors (Lipinski definition) is 1. The van der Waals surface area contributed by atoms with E-state index in [2.05, 4.69) is 24.1 Å². The first-order valence-electron chi connectivity index (χ1n) is 10.0. The lowest BCUT2D eigenvalue weighted by Crippen LogP contribution is -2.44. The molecule has 0 aromatic heterocycles. The molecule has 0 aliphatic carbocycles. The van der Waals surface area contributed by atoms with Gasteiger partial charge in [0.15, 0.2) is 6.61 Å². The molecule has 2 aromatic rings. The fourth-order valence-electron chi connectivity index (χ4n) is 3.50. The maximum atomic E-state index is 12.2. The van der Waals surface area contributed by atoms with Crippen LogP contribution in [0.25, 0.3) is 0 Å². The molecule has 7 heteroatoms. The molecule has 2 atom stereocenters. The first-order chi connectivity index (χ1) is 14.4. The lowest BCUT2D eigenvalue weighted by Gasteiger charge is -2.35. The van der Waals surface area contributed by atoms with Gasteiger partial charge < -0.3 is 19.5 Å². The summed E-state index contributed by atoms with van der Waals surface area (Å²) in [5.74, 6) is -0.235. The Kier molecular flexibility index (Phi) is 7.43. The monoisotopic (exact) mass is 412 g/mol. The molecule has 2 aromatic carbocycles. The minimum absolute atomic E-state index is 0.215. The van der Waals surface area contributed by atoms with Gasteiger partial charge in [-0.15, -0.1) is 0 Å². The normalized spacial score (nSPS) is 19.2. The number of nitrogens with one attached hydrogen (secondary N) is 1. The van der Waals surface area contributed by atoms with Crippen molar-refractivity contribution in [2.75, 3.05) is 32.1 Å². The summed E-state index contributed by atoms with van der Waals surface area (Å²) < 4.78 is 16.0. The third-order valence-corrected chi connectivity index (χ3v) is 4.80. The van der Waals surface area contributed by atoms with Crippen LogP contribution in [0.2, 0.25) is 0 Å². The summed E-state index contributed by atoms with van der Waals surface area (Å²) in [7, 11) is 1.57. The number of morpholine rings is 1. The largest absolute Gasteiger partial charge is 0.497 e. The SMILES string of the molecule is COc1ccc(NC(=O)COC(=O)c2ccc(CN3CC(C)OC(C)C3)cc2)cc1. The average molecular weight is 412 g/mol. The number of rotatable bonds is 7. The minimum atomic E-state index is -0.528. The molecule has 0 radical (unpaired) electrons. The minimum Gasteiger partial charge on any atom is -0.497 e. The molecule has 30 heavy (non-hydrogen) atoms. The van der Waals surface area contributed by atoms with Gasteiger partial charge in [-0.1, -0.05) is 12.1 Å². The molecule has 0 spiro atoms. The number of benzene rings is 2. The summed E-state index contributed by atoms with van der Waals surface area (Å²) in [5, 5.41) is 2.67. The van der Waals surface area contributed by atoms with E-state index in [4.69, 9.17) is 14.2 Å². The van der Waals surface area contributed by atoms with Crippen molar-refractivity contribution in [1.29, 1.82) is 0 Å². The van der Waals surface area contributed by atoms with Gasteiger partial charge in [-0.2, -0.15) is 0 Å². The van der Waals surface area contributed by atoms with E-state index in [-0.39, 0.29) is 18.8 Å². The molecular weight excluding hydrogens is 384 g/mol. The molecule has 1 saturated heterocycles. The Hall–Kier alpha value is -2.90. The van der Waals surface area contributed by atoms with E-state index in [1.54, 1.807) is 43.5 Å². The molecule has 0 saturated carbocycles. The number of methoxy groups -OCH3 is 1. The Morgan fingerprint density at radius 1 is 1.03 bits per heavy atom. The van der Waals surface area contributed by atoms with Crippen LogP contribution < -0.4 is 10.1 Å². The molecule has 1 amide bonds. The van der Waals surface area contributed by atoms with Crippen LogP contribution in [0.5, 0.6) is 5.75 Å². The van der Waals surface area contributed by atoms with Gasteiger partial charge in [0.05, 0.1) is 24.9 Å². The number of nitrogens with zero attached hydrogens (tertiary/aromatic N) is 1. The maximum Gasteiger partial charge on any atom is 0.338 e. The molecule has 1 aliphatic heterocycles. The number of anilines is 1. The summed E-state index contributed by atoms with van der Waals surface area (Å²) in [6.45, 7) is 6.38. The van der Waals surface area contributed by atoms with Gasteiger partial charge in [-0.3, -0.25) is 9.69 Å². The topological polar surface area (TPSA) is 77.1 Å². The highest BCUT2D eigenvalue weighted by atomic mass is 16.5. The Morgan fingerprint density at radius 2 is 1.67 bits per heavy atom. The van der Waals surface area contributed by atoms with Gasteiger partial charge in [0, 0.05) is 25.3 Å². The molecular formula is C23H28N2O5. The third kappa shape index (κ3) is 6.30. The Morgan fingerprint density at radius 3 is 2.27 bits per heavy atom. The first-order valence-corrected chi connectivity index (χ1v) is 10.0. The highest BCUT2D eigenvalue weighted by Crippen LogP contribution is 2.16. The predicted octanol–water partition coefficient (Wildman–Crippen LogP) is 3.10. The van der Waals surface area contributed by atoms with Crippen LogP contribution in [0.4, 0.5) is 5.69 Å². The Balaban J connectivity index is 1.46. The molecule has 160 valence electrons. The number of esters is 1. The van der Waals surface area contributed by atoms with Gasteiger partial charge in [0.25, 0.3) is 5.91 Å². The fraction of sp³-hybridized carbons (Fsp3) is 0.391. The van der Waals surface area contributed by atoms with Crippen LogP contribution in [0.3, 0.4) is 0 Å². The van der Waals surface area contributed by atoms with Crippen LogP contribution in [0.1, 0.15) is 29.8 Å². The smallest absolute Gasteiger partial charge is 0.338 e. The van der Waals surface area contributed by atoms with Crippen molar-refractivity contribution in [3.63, 3.8) is 0 Å². The standard InChI is InChI=1S/C23H28N2O5/c1-16-12-25(13-17(2)30-16)14-18-4-6-19(7-5-18)23(27)29-15-22(26)24-20-8-10-21(28-3)11-9-20/h4-11,16-17H,12-15H2,1-3H3,(H,24,26). The van der Waals surface area contributed by atoms with Gasteiger partial charge >= 0.3 is 5.97 Å². The van der Waals surface area contributed by atoms with E-state index in [0.29, 0.717) is 17.0 Å². The number of hydrogen-bond acceptors (Lipinski definition) is 6. The van der Waals surface area contributed by atoms with Crippen LogP contribution >= 0.6 is 0 Å². The number of amides is 1. The fourth-order valence-corrected chi connectivity index (χ4v) is 3.50. The number of carbonyl (C=O) groups excluding carboxylic acids is 2. The van der Waals surface area contributed by atoms with Crippen molar-refractivity contribution in [2.45, 2.75) is 32.6 Å². The number of carbonyl (C=O) groups is 2. The van der Waals surface area contributed by atoms with Gasteiger partial charge in [-0.05, 0) is 55.8 Å². The zero-order chi connectivity index (χ0) is 21.5. The van der Waals surface area contributed by atoms with Crippen molar-refractivity contribution in [2.24, 2.45) is 0 Å². The van der Waals surface area contributed by atoms with E-state index < -0.39 is 11.9 Å². The molecule has 0 bridgehead atoms. The zero-order valence-electron chi connectivity index (χ0n) is 17.6. The van der Waals surface area contributed by atoms with Crippen molar-refractivity contribution in [1.82, 2.24) is 4.90 Å². The maximum absolute atomic E-state index is 12.2. The highest BCUT2D eigenvalue weighted by molar-refractivity contribution is 5.95. The lowest BCUT2D eigenvalue weighted by atomic mass is 10.1. The van der Waals surface area contributed by atoms with Crippen molar-refractivity contribution >= 4 is 17.6 Å². The van der Waals surface area contributed by atoms with E-state index >= 15 is 0 Å². The molecule has 3 rings (SSSR count). The van der Waals surface area contributed by atoms with E-state index in [9.17, 15) is 9.59 Å². The van der Waals surface area contributed by atoms with Crippen LogP contribution in [0, 0.1) is 0 Å². The highest BCUT2D eigenvalue weighted by Gasteiger charge is 2.22. The van der Waals surface area contributed by atoms with E-state index in [1.807, 2.05) is 12.1 Å². The molecule has 2 unspecified atom stereocenters. The predicted molar refractivity (Wildman–Crippen MR) is 114 cm³/mol. The van der Waals surface area contributed by atoms with Gasteiger partial charge in [-0.25, -0.2) is 4.79 Å². The van der Waals surface area contributed by atoms with Crippen LogP contribution in [0.15, 0.2) is 48.5 Å².